The summed E-state index contributed by atoms with van der Waals surface area (Å²) >= 11 is 0. The van der Waals surface area contributed by atoms with Gasteiger partial charge in [0.25, 0.3) is 0 Å². The number of hydrogen-bond acceptors (Lipinski definition) is 8. The number of allylic oxidation sites excluding steroid dienone is 22. The predicted octanol–water partition coefficient (Wildman–Crippen LogP) is 19.0. The van der Waals surface area contributed by atoms with Crippen LogP contribution in [0.2, 0.25) is 0 Å². The molecule has 426 valence electrons. The second-order valence-electron chi connectivity index (χ2n) is 19.1. The molecule has 0 radical (unpaired) electrons. The molecule has 75 heavy (non-hydrogen) atoms. The Balaban J connectivity index is 4.10. The summed E-state index contributed by atoms with van der Waals surface area (Å²) in [6.45, 7) is 3.57. The second kappa shape index (κ2) is 59.4. The molecule has 0 aromatic carbocycles. The normalized spacial score (nSPS) is 14.0. The Kier molecular flexibility index (Phi) is 56.3. The number of esters is 2. The monoisotopic (exact) mass is 1060 g/mol. The second-order valence-corrected chi connectivity index (χ2v) is 20.6. The molecular weight excluding hydrogens is 954 g/mol. The van der Waals surface area contributed by atoms with Gasteiger partial charge in [0, 0.05) is 19.4 Å². The summed E-state index contributed by atoms with van der Waals surface area (Å²) in [6.07, 6.45) is 83.6. The lowest BCUT2D eigenvalue weighted by atomic mass is 10.1. The lowest BCUT2D eigenvalue weighted by Gasteiger charge is -2.19. The molecule has 2 unspecified atom stereocenters. The smallest absolute Gasteiger partial charge is 0.462 e. The molecule has 0 aliphatic heterocycles. The van der Waals surface area contributed by atoms with E-state index < -0.39 is 32.5 Å². The zero-order chi connectivity index (χ0) is 54.5. The first-order chi connectivity index (χ1) is 36.8. The molecule has 0 fully saturated rings. The van der Waals surface area contributed by atoms with Gasteiger partial charge in [-0.1, -0.05) is 237 Å². The summed E-state index contributed by atoms with van der Waals surface area (Å²) in [5.74, 6) is -0.869. The maximum atomic E-state index is 12.7. The number of carbonyl (C=O) groups is 2. The van der Waals surface area contributed by atoms with E-state index in [1.54, 1.807) is 0 Å². The third-order valence-electron chi connectivity index (χ3n) is 12.0. The molecule has 0 amide bonds. The van der Waals surface area contributed by atoms with Crippen LogP contribution in [-0.2, 0) is 32.7 Å². The Hall–Kier alpha value is -3.85. The zero-order valence-electron chi connectivity index (χ0n) is 47.5. The summed E-state index contributed by atoms with van der Waals surface area (Å²) in [7, 11) is -4.41. The van der Waals surface area contributed by atoms with Crippen molar-refractivity contribution in [3.05, 3.63) is 134 Å². The van der Waals surface area contributed by atoms with E-state index in [2.05, 4.69) is 148 Å². The lowest BCUT2D eigenvalue weighted by Crippen LogP contribution is -2.29. The van der Waals surface area contributed by atoms with E-state index in [9.17, 15) is 19.0 Å². The Labute approximate surface area is 459 Å². The van der Waals surface area contributed by atoms with Crippen molar-refractivity contribution in [2.45, 2.75) is 238 Å². The van der Waals surface area contributed by atoms with Crippen molar-refractivity contribution >= 4 is 19.8 Å². The van der Waals surface area contributed by atoms with Crippen LogP contribution in [0.25, 0.3) is 0 Å². The van der Waals surface area contributed by atoms with Crippen LogP contribution in [0.3, 0.4) is 0 Å². The van der Waals surface area contributed by atoms with Gasteiger partial charge in [-0.2, -0.15) is 0 Å². The van der Waals surface area contributed by atoms with Gasteiger partial charge in [0.05, 0.1) is 13.2 Å². The van der Waals surface area contributed by atoms with E-state index >= 15 is 0 Å². The van der Waals surface area contributed by atoms with Gasteiger partial charge in [0.2, 0.25) is 0 Å². The molecule has 9 nitrogen and oxygen atoms in total. The highest BCUT2D eigenvalue weighted by Crippen LogP contribution is 2.43. The van der Waals surface area contributed by atoms with Crippen LogP contribution in [0.5, 0.6) is 0 Å². The van der Waals surface area contributed by atoms with Crippen molar-refractivity contribution in [3.63, 3.8) is 0 Å². The molecule has 0 bridgehead atoms. The van der Waals surface area contributed by atoms with E-state index in [4.69, 9.17) is 24.3 Å². The molecule has 0 aliphatic rings. The molecule has 2 atom stereocenters. The Morgan fingerprint density at radius 2 is 0.733 bits per heavy atom. The fraction of sp³-hybridized carbons (Fsp3) is 0.631. The largest absolute Gasteiger partial charge is 0.472 e. The molecule has 0 aromatic heterocycles. The standard InChI is InChI=1S/C65H108NO8P/c1-3-5-7-9-11-13-15-17-19-21-23-25-27-29-30-31-32-34-36-38-40-42-44-46-48-50-52-54-56-58-65(68)74-63(62-73-75(69,70)72-60-59-66)61-71-64(67)57-55-53-51-49-47-45-43-41-39-37-35-33-28-26-24-22-20-18-16-14-12-10-8-6-4-2/h5,7,11,13,16-19,22-25,28-30,32-34,38,40,44,46,63H,3-4,6,8-10,12,14-15,20-21,26-27,31,35-37,39,41-43,45,47-62,66H2,1-2H3,(H,69,70)/b7-5-,13-11-,18-16-,19-17-,24-22-,25-23-,30-29-,33-28-,34-32-,40-38-,46-44-. The topological polar surface area (TPSA) is 134 Å². The summed E-state index contributed by atoms with van der Waals surface area (Å²) in [4.78, 5) is 35.2. The van der Waals surface area contributed by atoms with Gasteiger partial charge in [-0.05, 0) is 116 Å². The number of phosphoric ester groups is 1. The molecule has 0 saturated carbocycles. The molecule has 0 aromatic rings. The number of unbranched alkanes of at least 4 members (excludes halogenated alkanes) is 19. The minimum atomic E-state index is -4.41. The highest BCUT2D eigenvalue weighted by Gasteiger charge is 2.26. The fourth-order valence-corrected chi connectivity index (χ4v) is 8.42. The van der Waals surface area contributed by atoms with Crippen molar-refractivity contribution in [2.24, 2.45) is 5.73 Å². The van der Waals surface area contributed by atoms with Gasteiger partial charge in [-0.15, -0.1) is 0 Å². The van der Waals surface area contributed by atoms with Crippen LogP contribution >= 0.6 is 7.82 Å². The van der Waals surface area contributed by atoms with Gasteiger partial charge in [-0.3, -0.25) is 18.6 Å². The number of ether oxygens (including phenoxy) is 2. The SMILES string of the molecule is CC/C=C\C/C=C\C/C=C\C/C=C\C/C=C\C/C=C\C/C=C\C/C=C\CCCCCCC(=O)OC(COC(=O)CCCCCCCCCCCC/C=C\C/C=C\C/C=C\CCCCCCC)COP(=O)(O)OCCN. The third kappa shape index (κ3) is 59.3. The molecule has 10 heteroatoms. The third-order valence-corrected chi connectivity index (χ3v) is 13.0. The van der Waals surface area contributed by atoms with Gasteiger partial charge < -0.3 is 20.1 Å². The van der Waals surface area contributed by atoms with Gasteiger partial charge >= 0.3 is 19.8 Å². The van der Waals surface area contributed by atoms with E-state index in [1.165, 1.54) is 77.0 Å². The first kappa shape index (κ1) is 71.2. The first-order valence-electron chi connectivity index (χ1n) is 29.7. The fourth-order valence-electron chi connectivity index (χ4n) is 7.66. The van der Waals surface area contributed by atoms with Crippen molar-refractivity contribution in [2.75, 3.05) is 26.4 Å². The average Bonchev–Trinajstić information content (AvgIpc) is 3.40. The van der Waals surface area contributed by atoms with E-state index in [0.29, 0.717) is 6.42 Å². The first-order valence-corrected chi connectivity index (χ1v) is 31.2. The van der Waals surface area contributed by atoms with Crippen LogP contribution in [0.1, 0.15) is 232 Å². The minimum absolute atomic E-state index is 0.0408. The molecule has 3 N–H and O–H groups in total. The minimum Gasteiger partial charge on any atom is -0.462 e. The van der Waals surface area contributed by atoms with Crippen LogP contribution in [0.4, 0.5) is 0 Å². The van der Waals surface area contributed by atoms with Crippen LogP contribution in [0.15, 0.2) is 134 Å². The summed E-state index contributed by atoms with van der Waals surface area (Å²) in [5.41, 5.74) is 5.38. The van der Waals surface area contributed by atoms with Gasteiger partial charge in [0.1, 0.15) is 6.61 Å². The number of hydrogen-bond donors (Lipinski definition) is 2. The number of carbonyl (C=O) groups excluding carboxylic acids is 2. The zero-order valence-corrected chi connectivity index (χ0v) is 48.4. The summed E-state index contributed by atoms with van der Waals surface area (Å²) < 4.78 is 33.0. The highest BCUT2D eigenvalue weighted by molar-refractivity contribution is 7.47. The highest BCUT2D eigenvalue weighted by atomic mass is 31.2. The van der Waals surface area contributed by atoms with Crippen LogP contribution in [-0.4, -0.2) is 49.3 Å². The Bertz CT molecular complexity index is 1680. The van der Waals surface area contributed by atoms with Crippen LogP contribution < -0.4 is 5.73 Å². The molecule has 0 spiro atoms. The predicted molar refractivity (Wildman–Crippen MR) is 320 cm³/mol. The maximum Gasteiger partial charge on any atom is 0.472 e. The summed E-state index contributed by atoms with van der Waals surface area (Å²) in [5, 5.41) is 0. The average molecular weight is 1060 g/mol. The lowest BCUT2D eigenvalue weighted by molar-refractivity contribution is -0.161. The number of rotatable bonds is 54. The van der Waals surface area contributed by atoms with Crippen molar-refractivity contribution in [1.82, 2.24) is 0 Å². The number of phosphoric acid groups is 1. The Morgan fingerprint density at radius 1 is 0.413 bits per heavy atom. The van der Waals surface area contributed by atoms with E-state index in [-0.39, 0.29) is 32.6 Å². The van der Waals surface area contributed by atoms with Crippen molar-refractivity contribution in [3.8, 4) is 0 Å². The molecular formula is C65H108NO8P. The summed E-state index contributed by atoms with van der Waals surface area (Å²) in [6, 6.07) is 0. The van der Waals surface area contributed by atoms with E-state index in [1.807, 2.05) is 0 Å². The molecule has 0 saturated heterocycles. The van der Waals surface area contributed by atoms with Gasteiger partial charge in [0.15, 0.2) is 6.10 Å². The maximum absolute atomic E-state index is 12.7. The quantitative estimate of drug-likeness (QED) is 0.0264. The molecule has 0 heterocycles. The van der Waals surface area contributed by atoms with Crippen LogP contribution in [0, 0.1) is 0 Å². The van der Waals surface area contributed by atoms with Crippen molar-refractivity contribution in [1.29, 1.82) is 0 Å². The van der Waals surface area contributed by atoms with E-state index in [0.717, 1.165) is 122 Å². The number of nitrogens with two attached hydrogens (primary N) is 1. The Morgan fingerprint density at radius 3 is 1.09 bits per heavy atom. The molecule has 0 rings (SSSR count). The molecule has 0 aliphatic carbocycles. The van der Waals surface area contributed by atoms with Crippen molar-refractivity contribution < 1.29 is 37.6 Å². The van der Waals surface area contributed by atoms with Gasteiger partial charge in [-0.25, -0.2) is 4.57 Å².